The van der Waals surface area contributed by atoms with E-state index >= 15 is 0 Å². The van der Waals surface area contributed by atoms with E-state index < -0.39 is 36.0 Å². The zero-order valence-corrected chi connectivity index (χ0v) is 15.0. The number of aliphatic imine (C=N–C) groups is 1. The summed E-state index contributed by atoms with van der Waals surface area (Å²) in [4.78, 5) is 33.2. The van der Waals surface area contributed by atoms with Crippen LogP contribution in [-0.4, -0.2) is 40.6 Å². The van der Waals surface area contributed by atoms with Crippen LogP contribution < -0.4 is 5.73 Å². The molecule has 0 atom stereocenters. The van der Waals surface area contributed by atoms with Gasteiger partial charge in [-0.3, -0.25) is 24.5 Å². The van der Waals surface area contributed by atoms with Crippen molar-refractivity contribution < 1.29 is 27.2 Å². The Morgan fingerprint density at radius 3 is 2.31 bits per heavy atom. The number of hydrogen-bond acceptors (Lipinski definition) is 5. The normalized spacial score (nSPS) is 15.1. The van der Waals surface area contributed by atoms with Crippen molar-refractivity contribution >= 4 is 17.5 Å². The molecule has 2 heterocycles. The zero-order chi connectivity index (χ0) is 21.3. The van der Waals surface area contributed by atoms with E-state index in [0.717, 1.165) is 17.2 Å². The maximum absolute atomic E-state index is 14.3. The summed E-state index contributed by atoms with van der Waals surface area (Å²) in [6, 6.07) is 7.29. The summed E-state index contributed by atoms with van der Waals surface area (Å²) in [5.74, 6) is -2.00. The van der Waals surface area contributed by atoms with Crippen LogP contribution in [-0.2, 0) is 6.54 Å². The number of rotatable bonds is 4. The average Bonchev–Trinajstić information content (AvgIpc) is 2.92. The molecule has 1 aromatic heterocycles. The zero-order valence-electron chi connectivity index (χ0n) is 15.0. The predicted molar refractivity (Wildman–Crippen MR) is 95.6 cm³/mol. The number of pyridine rings is 1. The van der Waals surface area contributed by atoms with Crippen molar-refractivity contribution in [1.29, 1.82) is 0 Å². The topological polar surface area (TPSA) is 88.6 Å². The molecule has 150 valence electrons. The number of imide groups is 1. The molecule has 1 aromatic carbocycles. The Kier molecular flexibility index (Phi) is 5.19. The van der Waals surface area contributed by atoms with Crippen LogP contribution in [0, 0.1) is 5.82 Å². The minimum absolute atomic E-state index is 0.0901. The number of hydrogen-bond donors (Lipinski definition) is 1. The van der Waals surface area contributed by atoms with Gasteiger partial charge in [-0.1, -0.05) is 12.1 Å². The highest BCUT2D eigenvalue weighted by atomic mass is 19.4. The Labute approximate surface area is 162 Å². The van der Waals surface area contributed by atoms with E-state index in [0.29, 0.717) is 6.08 Å². The fraction of sp³-hybridized carbons (Fsp3) is 0.158. The SMILES string of the molecule is CN=C(C=C(N)C(F)(F)F)c1cc(CN2C(=O)c3ccccc3C2=O)c(F)cn1. The van der Waals surface area contributed by atoms with Gasteiger partial charge in [-0.25, -0.2) is 4.39 Å². The van der Waals surface area contributed by atoms with Crippen molar-refractivity contribution in [3.05, 3.63) is 76.5 Å². The standard InChI is InChI=1S/C19H14F4N4O2/c1-25-14(7-16(24)19(21,22)23)15-6-10(13(20)8-26-15)9-27-17(28)11-4-2-3-5-12(11)18(27)29/h2-8H,9,24H2,1H3. The van der Waals surface area contributed by atoms with Crippen LogP contribution in [0.4, 0.5) is 17.6 Å². The van der Waals surface area contributed by atoms with Crippen molar-refractivity contribution in [3.8, 4) is 0 Å². The first-order valence-electron chi connectivity index (χ1n) is 8.24. The molecule has 6 nitrogen and oxygen atoms in total. The van der Waals surface area contributed by atoms with E-state index in [2.05, 4.69) is 9.98 Å². The van der Waals surface area contributed by atoms with E-state index in [4.69, 9.17) is 5.73 Å². The molecule has 10 heteroatoms. The van der Waals surface area contributed by atoms with E-state index in [1.54, 1.807) is 12.1 Å². The average molecular weight is 406 g/mol. The van der Waals surface area contributed by atoms with Gasteiger partial charge in [0.1, 0.15) is 11.5 Å². The second-order valence-corrected chi connectivity index (χ2v) is 6.11. The van der Waals surface area contributed by atoms with Gasteiger partial charge in [0.15, 0.2) is 0 Å². The number of halogens is 4. The third-order valence-electron chi connectivity index (χ3n) is 4.26. The Balaban J connectivity index is 1.93. The number of amides is 2. The molecule has 29 heavy (non-hydrogen) atoms. The van der Waals surface area contributed by atoms with Gasteiger partial charge >= 0.3 is 6.18 Å². The van der Waals surface area contributed by atoms with E-state index in [9.17, 15) is 27.2 Å². The molecule has 2 N–H and O–H groups in total. The Morgan fingerprint density at radius 2 is 1.79 bits per heavy atom. The molecule has 0 radical (unpaired) electrons. The number of aromatic nitrogens is 1. The minimum Gasteiger partial charge on any atom is -0.395 e. The minimum atomic E-state index is -4.76. The maximum Gasteiger partial charge on any atom is 0.430 e. The van der Waals surface area contributed by atoms with Gasteiger partial charge in [-0.15, -0.1) is 0 Å². The highest BCUT2D eigenvalue weighted by Crippen LogP contribution is 2.25. The van der Waals surface area contributed by atoms with Crippen LogP contribution in [0.3, 0.4) is 0 Å². The second kappa shape index (κ2) is 7.46. The van der Waals surface area contributed by atoms with E-state index in [-0.39, 0.29) is 28.1 Å². The van der Waals surface area contributed by atoms with Gasteiger partial charge in [-0.05, 0) is 24.3 Å². The highest BCUT2D eigenvalue weighted by Gasteiger charge is 2.35. The molecule has 0 spiro atoms. The molecule has 1 aliphatic rings. The van der Waals surface area contributed by atoms with Crippen LogP contribution in [0.15, 0.2) is 53.3 Å². The third-order valence-corrected chi connectivity index (χ3v) is 4.26. The number of allylic oxidation sites excluding steroid dienone is 2. The molecule has 2 amide bonds. The molecule has 3 rings (SSSR count). The first kappa shape index (κ1) is 20.2. The summed E-state index contributed by atoms with van der Waals surface area (Å²) in [5.41, 5.74) is 3.57. The first-order valence-corrected chi connectivity index (χ1v) is 8.24. The lowest BCUT2D eigenvalue weighted by molar-refractivity contribution is -0.0925. The molecule has 0 unspecified atom stereocenters. The van der Waals surface area contributed by atoms with Crippen LogP contribution in [0.2, 0.25) is 0 Å². The van der Waals surface area contributed by atoms with Crippen molar-refractivity contribution in [2.45, 2.75) is 12.7 Å². The van der Waals surface area contributed by atoms with Crippen LogP contribution in [0.5, 0.6) is 0 Å². The van der Waals surface area contributed by atoms with Gasteiger partial charge in [0, 0.05) is 12.6 Å². The van der Waals surface area contributed by atoms with Gasteiger partial charge in [0.05, 0.1) is 35.3 Å². The van der Waals surface area contributed by atoms with Gasteiger partial charge < -0.3 is 5.73 Å². The number of fused-ring (bicyclic) bond motifs is 1. The summed E-state index contributed by atoms with van der Waals surface area (Å²) in [7, 11) is 1.23. The molecule has 0 saturated carbocycles. The fourth-order valence-electron chi connectivity index (χ4n) is 2.78. The summed E-state index contributed by atoms with van der Waals surface area (Å²) < 4.78 is 52.3. The molecule has 0 aliphatic carbocycles. The van der Waals surface area contributed by atoms with Crippen molar-refractivity contribution in [1.82, 2.24) is 9.88 Å². The summed E-state index contributed by atoms with van der Waals surface area (Å²) in [6.07, 6.45) is -3.41. The monoisotopic (exact) mass is 406 g/mol. The molecule has 0 fully saturated rings. The smallest absolute Gasteiger partial charge is 0.395 e. The number of nitrogens with two attached hydrogens (primary N) is 1. The fourth-order valence-corrected chi connectivity index (χ4v) is 2.78. The predicted octanol–water partition coefficient (Wildman–Crippen LogP) is 2.84. The van der Waals surface area contributed by atoms with Gasteiger partial charge in [-0.2, -0.15) is 13.2 Å². The first-order chi connectivity index (χ1) is 13.6. The molecular weight excluding hydrogens is 392 g/mol. The third kappa shape index (κ3) is 3.86. The number of carbonyl (C=O) groups excluding carboxylic acids is 2. The van der Waals surface area contributed by atoms with E-state index in [1.165, 1.54) is 19.2 Å². The number of alkyl halides is 3. The van der Waals surface area contributed by atoms with Gasteiger partial charge in [0.25, 0.3) is 11.8 Å². The number of carbonyl (C=O) groups is 2. The summed E-state index contributed by atoms with van der Waals surface area (Å²) in [6.45, 7) is -0.414. The highest BCUT2D eigenvalue weighted by molar-refractivity contribution is 6.21. The largest absolute Gasteiger partial charge is 0.430 e. The Morgan fingerprint density at radius 1 is 1.21 bits per heavy atom. The summed E-state index contributed by atoms with van der Waals surface area (Å²) >= 11 is 0. The van der Waals surface area contributed by atoms with Crippen LogP contribution >= 0.6 is 0 Å². The lowest BCUT2D eigenvalue weighted by Gasteiger charge is -2.15. The van der Waals surface area contributed by atoms with Crippen molar-refractivity contribution in [2.24, 2.45) is 10.7 Å². The maximum atomic E-state index is 14.3. The molecule has 1 aliphatic heterocycles. The van der Waals surface area contributed by atoms with Crippen LogP contribution in [0.1, 0.15) is 32.0 Å². The molecule has 0 saturated heterocycles. The lowest BCUT2D eigenvalue weighted by atomic mass is 10.1. The Bertz CT molecular complexity index is 1030. The Hall–Kier alpha value is -3.56. The molecule has 0 bridgehead atoms. The molecular formula is C19H14F4N4O2. The second-order valence-electron chi connectivity index (χ2n) is 6.11. The van der Waals surface area contributed by atoms with Crippen molar-refractivity contribution in [3.63, 3.8) is 0 Å². The van der Waals surface area contributed by atoms with E-state index in [1.807, 2.05) is 0 Å². The number of nitrogens with zero attached hydrogens (tertiary/aromatic N) is 3. The van der Waals surface area contributed by atoms with Crippen molar-refractivity contribution in [2.75, 3.05) is 7.05 Å². The lowest BCUT2D eigenvalue weighted by Crippen LogP contribution is -2.29. The number of benzene rings is 1. The van der Waals surface area contributed by atoms with Crippen LogP contribution in [0.25, 0.3) is 0 Å². The molecule has 2 aromatic rings. The quantitative estimate of drug-likeness (QED) is 0.481. The van der Waals surface area contributed by atoms with Gasteiger partial charge in [0.2, 0.25) is 0 Å². The summed E-state index contributed by atoms with van der Waals surface area (Å²) in [5, 5.41) is 0.